The summed E-state index contributed by atoms with van der Waals surface area (Å²) < 4.78 is 29.5. The number of phenols is 1. The van der Waals surface area contributed by atoms with Gasteiger partial charge in [-0.2, -0.15) is 12.7 Å². The summed E-state index contributed by atoms with van der Waals surface area (Å²) in [5.74, 6) is 1.01. The summed E-state index contributed by atoms with van der Waals surface area (Å²) in [6, 6.07) is 3.20. The molecular weight excluding hydrogens is 334 g/mol. The Bertz CT molecular complexity index is 858. The fourth-order valence-electron chi connectivity index (χ4n) is 2.83. The van der Waals surface area contributed by atoms with Crippen LogP contribution in [-0.2, 0) is 10.2 Å². The fraction of sp³-hybridized carbons (Fsp3) is 0.429. The number of fused-ring (bicyclic) bond motifs is 1. The fourth-order valence-corrected chi connectivity index (χ4v) is 3.55. The SMILES string of the molecule is COc1cc2c(N3CCCN(S(N)(=O)=O)CC3)ncnc2cc1O. The van der Waals surface area contributed by atoms with Crippen LogP contribution in [0, 0.1) is 0 Å². The molecule has 1 aromatic carbocycles. The Morgan fingerprint density at radius 1 is 1.21 bits per heavy atom. The number of nitrogens with zero attached hydrogens (tertiary/aromatic N) is 4. The first-order valence-corrected chi connectivity index (χ1v) is 8.95. The molecule has 1 saturated heterocycles. The number of aromatic nitrogens is 2. The van der Waals surface area contributed by atoms with Gasteiger partial charge in [-0.05, 0) is 12.5 Å². The van der Waals surface area contributed by atoms with Crippen LogP contribution in [0.5, 0.6) is 11.5 Å². The van der Waals surface area contributed by atoms with E-state index in [0.717, 1.165) is 5.39 Å². The summed E-state index contributed by atoms with van der Waals surface area (Å²) in [5.41, 5.74) is 0.589. The lowest BCUT2D eigenvalue weighted by Gasteiger charge is -2.23. The summed E-state index contributed by atoms with van der Waals surface area (Å²) in [4.78, 5) is 10.5. The van der Waals surface area contributed by atoms with Crippen molar-refractivity contribution in [2.75, 3.05) is 38.2 Å². The average Bonchev–Trinajstić information content (AvgIpc) is 2.79. The van der Waals surface area contributed by atoms with E-state index in [0.29, 0.717) is 49.7 Å². The second-order valence-electron chi connectivity index (χ2n) is 5.52. The highest BCUT2D eigenvalue weighted by molar-refractivity contribution is 7.86. The Morgan fingerprint density at radius 2 is 2.00 bits per heavy atom. The molecular formula is C14H19N5O4S. The molecule has 0 atom stereocenters. The number of phenolic OH excluding ortho intramolecular Hbond substituents is 1. The highest BCUT2D eigenvalue weighted by Crippen LogP contribution is 2.34. The Hall–Kier alpha value is -2.17. The van der Waals surface area contributed by atoms with Crippen LogP contribution in [0.4, 0.5) is 5.82 Å². The summed E-state index contributed by atoms with van der Waals surface area (Å²) in [7, 11) is -2.22. The molecule has 0 radical (unpaired) electrons. The van der Waals surface area contributed by atoms with E-state index in [2.05, 4.69) is 9.97 Å². The van der Waals surface area contributed by atoms with Crippen LogP contribution < -0.4 is 14.8 Å². The lowest BCUT2D eigenvalue weighted by atomic mass is 10.2. The first kappa shape index (κ1) is 16.7. The van der Waals surface area contributed by atoms with Gasteiger partial charge in [0.05, 0.1) is 12.6 Å². The van der Waals surface area contributed by atoms with Gasteiger partial charge >= 0.3 is 0 Å². The summed E-state index contributed by atoms with van der Waals surface area (Å²) in [5, 5.41) is 15.8. The van der Waals surface area contributed by atoms with Crippen LogP contribution in [0.3, 0.4) is 0 Å². The number of anilines is 1. The maximum atomic E-state index is 11.5. The average molecular weight is 353 g/mol. The first-order chi connectivity index (χ1) is 11.4. The zero-order chi connectivity index (χ0) is 17.3. The maximum absolute atomic E-state index is 11.5. The molecule has 9 nitrogen and oxygen atoms in total. The minimum absolute atomic E-state index is 0.00548. The minimum atomic E-state index is -3.69. The van der Waals surface area contributed by atoms with E-state index in [4.69, 9.17) is 9.88 Å². The third-order valence-corrected chi connectivity index (χ3v) is 5.11. The van der Waals surface area contributed by atoms with Crippen molar-refractivity contribution in [2.45, 2.75) is 6.42 Å². The zero-order valence-corrected chi connectivity index (χ0v) is 14.0. The predicted molar refractivity (Wildman–Crippen MR) is 89.3 cm³/mol. The molecule has 3 N–H and O–H groups in total. The summed E-state index contributed by atoms with van der Waals surface area (Å²) in [6.45, 7) is 1.77. The molecule has 1 fully saturated rings. The summed E-state index contributed by atoms with van der Waals surface area (Å²) >= 11 is 0. The van der Waals surface area contributed by atoms with E-state index in [9.17, 15) is 13.5 Å². The van der Waals surface area contributed by atoms with Gasteiger partial charge in [0.1, 0.15) is 12.1 Å². The Labute approximate surface area is 139 Å². The Kier molecular flexibility index (Phi) is 4.43. The molecule has 0 amide bonds. The van der Waals surface area contributed by atoms with Crippen molar-refractivity contribution < 1.29 is 18.3 Å². The van der Waals surface area contributed by atoms with Crippen LogP contribution in [-0.4, -0.2) is 61.1 Å². The van der Waals surface area contributed by atoms with Gasteiger partial charge in [0, 0.05) is 37.6 Å². The molecule has 24 heavy (non-hydrogen) atoms. The molecule has 2 aromatic rings. The molecule has 0 aliphatic carbocycles. The number of hydrogen-bond donors (Lipinski definition) is 2. The molecule has 0 spiro atoms. The lowest BCUT2D eigenvalue weighted by molar-refractivity contribution is 0.374. The number of hydrogen-bond acceptors (Lipinski definition) is 7. The maximum Gasteiger partial charge on any atom is 0.276 e. The highest BCUT2D eigenvalue weighted by atomic mass is 32.2. The van der Waals surface area contributed by atoms with Crippen LogP contribution in [0.2, 0.25) is 0 Å². The second-order valence-corrected chi connectivity index (χ2v) is 7.07. The molecule has 0 bridgehead atoms. The molecule has 1 aliphatic heterocycles. The Balaban J connectivity index is 1.97. The van der Waals surface area contributed by atoms with Gasteiger partial charge in [-0.15, -0.1) is 0 Å². The highest BCUT2D eigenvalue weighted by Gasteiger charge is 2.23. The smallest absolute Gasteiger partial charge is 0.276 e. The van der Waals surface area contributed by atoms with E-state index in [1.54, 1.807) is 6.07 Å². The molecule has 130 valence electrons. The number of methoxy groups -OCH3 is 1. The molecule has 0 saturated carbocycles. The third-order valence-electron chi connectivity index (χ3n) is 4.03. The van der Waals surface area contributed by atoms with Crippen molar-refractivity contribution in [1.82, 2.24) is 14.3 Å². The normalized spacial score (nSPS) is 17.0. The van der Waals surface area contributed by atoms with E-state index < -0.39 is 10.2 Å². The monoisotopic (exact) mass is 353 g/mol. The van der Waals surface area contributed by atoms with Gasteiger partial charge < -0.3 is 14.7 Å². The van der Waals surface area contributed by atoms with Crippen molar-refractivity contribution in [3.05, 3.63) is 18.5 Å². The van der Waals surface area contributed by atoms with Gasteiger partial charge in [0.15, 0.2) is 11.5 Å². The second kappa shape index (κ2) is 6.38. The number of ether oxygens (including phenoxy) is 1. The van der Waals surface area contributed by atoms with Crippen molar-refractivity contribution in [2.24, 2.45) is 5.14 Å². The number of rotatable bonds is 3. The zero-order valence-electron chi connectivity index (χ0n) is 13.2. The Morgan fingerprint density at radius 3 is 2.71 bits per heavy atom. The van der Waals surface area contributed by atoms with Crippen molar-refractivity contribution in [3.8, 4) is 11.5 Å². The standard InChI is InChI=1S/C14H19N5O4S/c1-23-13-7-10-11(8-12(13)20)16-9-17-14(10)18-3-2-4-19(6-5-18)24(15,21)22/h7-9,20H,2-6H2,1H3,(H2,15,21,22). The van der Waals surface area contributed by atoms with E-state index in [1.807, 2.05) is 4.90 Å². The number of benzene rings is 1. The minimum Gasteiger partial charge on any atom is -0.504 e. The van der Waals surface area contributed by atoms with Crippen LogP contribution in [0.1, 0.15) is 6.42 Å². The quantitative estimate of drug-likeness (QED) is 0.800. The number of aromatic hydroxyl groups is 1. The molecule has 0 unspecified atom stereocenters. The molecule has 1 aromatic heterocycles. The number of nitrogens with two attached hydrogens (primary N) is 1. The van der Waals surface area contributed by atoms with E-state index >= 15 is 0 Å². The largest absolute Gasteiger partial charge is 0.504 e. The lowest BCUT2D eigenvalue weighted by Crippen LogP contribution is -2.39. The van der Waals surface area contributed by atoms with Crippen molar-refractivity contribution in [1.29, 1.82) is 0 Å². The van der Waals surface area contributed by atoms with Crippen LogP contribution in [0.15, 0.2) is 18.5 Å². The first-order valence-electron chi connectivity index (χ1n) is 7.44. The van der Waals surface area contributed by atoms with Gasteiger partial charge in [0.25, 0.3) is 10.2 Å². The predicted octanol–water partition coefficient (Wildman–Crippen LogP) is 0.0596. The molecule has 3 rings (SSSR count). The van der Waals surface area contributed by atoms with Crippen molar-refractivity contribution >= 4 is 26.9 Å². The van der Waals surface area contributed by atoms with E-state index in [1.165, 1.54) is 23.8 Å². The topological polar surface area (TPSA) is 122 Å². The van der Waals surface area contributed by atoms with E-state index in [-0.39, 0.29) is 5.75 Å². The van der Waals surface area contributed by atoms with Gasteiger partial charge in [-0.25, -0.2) is 15.1 Å². The van der Waals surface area contributed by atoms with Crippen LogP contribution >= 0.6 is 0 Å². The van der Waals surface area contributed by atoms with Crippen LogP contribution in [0.25, 0.3) is 10.9 Å². The van der Waals surface area contributed by atoms with Crippen molar-refractivity contribution in [3.63, 3.8) is 0 Å². The molecule has 2 heterocycles. The molecule has 1 aliphatic rings. The van der Waals surface area contributed by atoms with Gasteiger partial charge in [-0.1, -0.05) is 0 Å². The van der Waals surface area contributed by atoms with Gasteiger partial charge in [-0.3, -0.25) is 0 Å². The molecule has 10 heteroatoms. The third kappa shape index (κ3) is 3.21. The van der Waals surface area contributed by atoms with Gasteiger partial charge in [0.2, 0.25) is 0 Å². The summed E-state index contributed by atoms with van der Waals surface area (Å²) in [6.07, 6.45) is 2.06.